The number of esters is 3. The fourth-order valence-electron chi connectivity index (χ4n) is 9.30. The van der Waals surface area contributed by atoms with Gasteiger partial charge in [0.15, 0.2) is 24.6 Å². The van der Waals surface area contributed by atoms with E-state index in [1.54, 1.807) is 0 Å². The lowest BCUT2D eigenvalue weighted by molar-refractivity contribution is -0.301. The van der Waals surface area contributed by atoms with Gasteiger partial charge in [-0.3, -0.25) is 14.4 Å². The van der Waals surface area contributed by atoms with Crippen LogP contribution < -0.4 is 0 Å². The Balaban J connectivity index is 2.67. The van der Waals surface area contributed by atoms with Crippen LogP contribution >= 0.6 is 0 Å². The minimum atomic E-state index is -1.90. The predicted octanol–water partition coefficient (Wildman–Crippen LogP) is 16.3. The molecule has 0 aliphatic carbocycles. The minimum Gasteiger partial charge on any atom is -0.479 e. The Hall–Kier alpha value is -3.58. The summed E-state index contributed by atoms with van der Waals surface area (Å²) in [6.07, 6.45) is 53.2. The monoisotopic (exact) mass is 1080 g/mol. The normalized spacial score (nSPS) is 18.4. The van der Waals surface area contributed by atoms with E-state index in [1.807, 2.05) is 0 Å². The van der Waals surface area contributed by atoms with Gasteiger partial charge in [0.1, 0.15) is 18.8 Å². The molecule has 1 aliphatic heterocycles. The van der Waals surface area contributed by atoms with Gasteiger partial charge in [-0.25, -0.2) is 4.79 Å². The zero-order valence-electron chi connectivity index (χ0n) is 49.0. The number of aliphatic hydroxyl groups is 2. The molecule has 1 rings (SSSR count). The highest BCUT2D eigenvalue weighted by atomic mass is 16.7. The number of hydrogen-bond donors (Lipinski definition) is 3. The first-order chi connectivity index (χ1) is 37.6. The van der Waals surface area contributed by atoms with Crippen LogP contribution in [0.3, 0.4) is 0 Å². The van der Waals surface area contributed by atoms with Crippen molar-refractivity contribution in [3.05, 3.63) is 60.8 Å². The second-order valence-electron chi connectivity index (χ2n) is 21.3. The Morgan fingerprint density at radius 2 is 0.818 bits per heavy atom. The van der Waals surface area contributed by atoms with Crippen molar-refractivity contribution in [3.8, 4) is 0 Å². The lowest BCUT2D eigenvalue weighted by atomic mass is 9.98. The SMILES string of the molecule is CC/C=C\C/C=C\C/C=C\CCCCCCCC(=O)OC(COC(=O)CCCCCCCCCCC/C=C\C/C=C\CCCCC)COC1OC(C(=O)O)C(O)C(O)C1OC(=O)CCCCCCCCCCCCCCC. The standard InChI is InChI=1S/C65H112O12/c1-4-7-10-13-16-19-22-25-27-28-29-30-32-34-36-39-42-45-48-51-57(66)73-54-56(75-58(67)52-49-46-43-40-38-35-31-26-23-20-17-14-11-8-5-2)55-74-65-63(61(70)60(69)62(77-65)64(71)72)76-59(68)53-50-47-44-41-37-33-24-21-18-15-12-9-6-3/h8,11,16-17,19-20,25-27,31,56,60-63,65,69-70H,4-7,9-10,12-15,18,21-24,28-30,32-55H2,1-3H3,(H,71,72)/b11-8-,19-16-,20-17-,27-25-,31-26-. The highest BCUT2D eigenvalue weighted by Gasteiger charge is 2.50. The molecule has 12 nitrogen and oxygen atoms in total. The van der Waals surface area contributed by atoms with Crippen molar-refractivity contribution in [2.75, 3.05) is 13.2 Å². The number of allylic oxidation sites excluding steroid dienone is 10. The number of aliphatic carboxylic acids is 1. The van der Waals surface area contributed by atoms with Gasteiger partial charge < -0.3 is 39.0 Å². The molecule has 1 saturated heterocycles. The number of aliphatic hydroxyl groups excluding tert-OH is 2. The van der Waals surface area contributed by atoms with Crippen molar-refractivity contribution in [3.63, 3.8) is 0 Å². The van der Waals surface area contributed by atoms with Crippen LogP contribution in [0.1, 0.15) is 278 Å². The molecule has 0 spiro atoms. The van der Waals surface area contributed by atoms with Crippen molar-refractivity contribution < 1.29 is 58.2 Å². The summed E-state index contributed by atoms with van der Waals surface area (Å²) < 4.78 is 28.5. The first kappa shape index (κ1) is 71.4. The topological polar surface area (TPSA) is 175 Å². The maximum atomic E-state index is 13.2. The largest absolute Gasteiger partial charge is 0.479 e. The first-order valence-corrected chi connectivity index (χ1v) is 31.3. The molecule has 1 fully saturated rings. The van der Waals surface area contributed by atoms with Crippen LogP contribution in [-0.2, 0) is 42.9 Å². The molecular formula is C65H112O12. The van der Waals surface area contributed by atoms with Gasteiger partial charge in [-0.1, -0.05) is 236 Å². The maximum absolute atomic E-state index is 13.2. The molecule has 3 N–H and O–H groups in total. The van der Waals surface area contributed by atoms with Crippen LogP contribution in [0.4, 0.5) is 0 Å². The Morgan fingerprint density at radius 1 is 0.442 bits per heavy atom. The summed E-state index contributed by atoms with van der Waals surface area (Å²) in [7, 11) is 0. The van der Waals surface area contributed by atoms with E-state index in [0.29, 0.717) is 19.3 Å². The number of carbonyl (C=O) groups is 4. The Labute approximate surface area is 468 Å². The Morgan fingerprint density at radius 3 is 1.27 bits per heavy atom. The summed E-state index contributed by atoms with van der Waals surface area (Å²) in [6, 6.07) is 0. The third kappa shape index (κ3) is 43.0. The van der Waals surface area contributed by atoms with Gasteiger partial charge in [-0.15, -0.1) is 0 Å². The van der Waals surface area contributed by atoms with Gasteiger partial charge in [-0.05, 0) is 83.5 Å². The van der Waals surface area contributed by atoms with Crippen molar-refractivity contribution >= 4 is 23.9 Å². The Kier molecular flexibility index (Phi) is 49.2. The van der Waals surface area contributed by atoms with E-state index < -0.39 is 67.3 Å². The molecule has 0 aromatic heterocycles. The van der Waals surface area contributed by atoms with E-state index in [1.165, 1.54) is 109 Å². The number of hydrogen-bond acceptors (Lipinski definition) is 11. The lowest BCUT2D eigenvalue weighted by Gasteiger charge is -2.40. The summed E-state index contributed by atoms with van der Waals surface area (Å²) in [6.45, 7) is 5.86. The molecule has 6 unspecified atom stereocenters. The molecule has 1 aliphatic rings. The van der Waals surface area contributed by atoms with Gasteiger partial charge in [0.05, 0.1) is 6.61 Å². The van der Waals surface area contributed by atoms with Crippen LogP contribution in [-0.4, -0.2) is 89.2 Å². The Bertz CT molecular complexity index is 1570. The molecule has 0 amide bonds. The second-order valence-corrected chi connectivity index (χ2v) is 21.3. The number of ether oxygens (including phenoxy) is 5. The minimum absolute atomic E-state index is 0.0606. The second kappa shape index (κ2) is 53.1. The molecule has 0 aromatic rings. The number of carboxylic acids is 1. The van der Waals surface area contributed by atoms with Crippen molar-refractivity contribution in [2.45, 2.75) is 314 Å². The fraction of sp³-hybridized carbons (Fsp3) is 0.785. The molecule has 12 heteroatoms. The van der Waals surface area contributed by atoms with E-state index in [4.69, 9.17) is 23.7 Å². The van der Waals surface area contributed by atoms with E-state index in [9.17, 15) is 34.5 Å². The number of unbranched alkanes of at least 4 members (excludes halogenated alkanes) is 29. The molecule has 0 bridgehead atoms. The number of rotatable bonds is 53. The average molecular weight is 1090 g/mol. The van der Waals surface area contributed by atoms with Crippen LogP contribution in [0, 0.1) is 0 Å². The summed E-state index contributed by atoms with van der Waals surface area (Å²) in [5, 5.41) is 31.5. The van der Waals surface area contributed by atoms with Crippen LogP contribution in [0.5, 0.6) is 0 Å². The van der Waals surface area contributed by atoms with E-state index >= 15 is 0 Å². The predicted molar refractivity (Wildman–Crippen MR) is 312 cm³/mol. The van der Waals surface area contributed by atoms with Crippen LogP contribution in [0.2, 0.25) is 0 Å². The van der Waals surface area contributed by atoms with Gasteiger partial charge in [0, 0.05) is 19.3 Å². The maximum Gasteiger partial charge on any atom is 0.335 e. The molecule has 0 saturated carbocycles. The molecule has 77 heavy (non-hydrogen) atoms. The average Bonchev–Trinajstić information content (AvgIpc) is 3.41. The lowest BCUT2D eigenvalue weighted by Crippen LogP contribution is -2.61. The van der Waals surface area contributed by atoms with Gasteiger partial charge in [-0.2, -0.15) is 0 Å². The number of carboxylic acid groups (broad SMARTS) is 1. The van der Waals surface area contributed by atoms with Crippen molar-refractivity contribution in [2.24, 2.45) is 0 Å². The van der Waals surface area contributed by atoms with Crippen LogP contribution in [0.15, 0.2) is 60.8 Å². The van der Waals surface area contributed by atoms with E-state index in [2.05, 4.69) is 81.5 Å². The van der Waals surface area contributed by atoms with E-state index in [0.717, 1.165) is 109 Å². The molecule has 1 heterocycles. The number of carbonyl (C=O) groups excluding carboxylic acids is 3. The zero-order chi connectivity index (χ0) is 56.1. The molecule has 0 radical (unpaired) electrons. The molecule has 6 atom stereocenters. The smallest absolute Gasteiger partial charge is 0.335 e. The summed E-state index contributed by atoms with van der Waals surface area (Å²) in [5.41, 5.74) is 0. The molecule has 0 aromatic carbocycles. The summed E-state index contributed by atoms with van der Waals surface area (Å²) in [4.78, 5) is 51.2. The molecule has 444 valence electrons. The van der Waals surface area contributed by atoms with Crippen molar-refractivity contribution in [1.82, 2.24) is 0 Å². The first-order valence-electron chi connectivity index (χ1n) is 31.3. The third-order valence-electron chi connectivity index (χ3n) is 14.1. The van der Waals surface area contributed by atoms with Gasteiger partial charge >= 0.3 is 23.9 Å². The summed E-state index contributed by atoms with van der Waals surface area (Å²) >= 11 is 0. The fourth-order valence-corrected chi connectivity index (χ4v) is 9.30. The van der Waals surface area contributed by atoms with Crippen LogP contribution in [0.25, 0.3) is 0 Å². The van der Waals surface area contributed by atoms with Gasteiger partial charge in [0.25, 0.3) is 0 Å². The highest BCUT2D eigenvalue weighted by Crippen LogP contribution is 2.27. The quantitative estimate of drug-likeness (QED) is 0.0228. The summed E-state index contributed by atoms with van der Waals surface area (Å²) in [5.74, 6) is -3.13. The highest BCUT2D eigenvalue weighted by molar-refractivity contribution is 5.74. The van der Waals surface area contributed by atoms with Gasteiger partial charge in [0.2, 0.25) is 0 Å². The van der Waals surface area contributed by atoms with E-state index in [-0.39, 0.29) is 25.9 Å². The van der Waals surface area contributed by atoms with Crippen molar-refractivity contribution in [1.29, 1.82) is 0 Å². The third-order valence-corrected chi connectivity index (χ3v) is 14.1. The zero-order valence-corrected chi connectivity index (χ0v) is 49.0. The molecular weight excluding hydrogens is 973 g/mol.